The van der Waals surface area contributed by atoms with Crippen molar-refractivity contribution in [3.05, 3.63) is 136 Å². The largest absolute Gasteiger partial charge is 0.486 e. The number of carbonyl (C=O) groups is 2. The number of carbonyl (C=O) groups excluding carboxylic acids is 2. The number of fused-ring (bicyclic) bond motifs is 3. The molecule has 3 aromatic carbocycles. The van der Waals surface area contributed by atoms with Gasteiger partial charge >= 0.3 is 6.01 Å². The molecule has 3 aromatic heterocycles. The molecule has 3 saturated heterocycles. The molecule has 0 spiro atoms. The number of rotatable bonds is 22. The minimum Gasteiger partial charge on any atom is -0.486 e. The van der Waals surface area contributed by atoms with Crippen LogP contribution < -0.4 is 35.6 Å². The number of likely N-dealkylation sites (tertiary alicyclic amines) is 1. The summed E-state index contributed by atoms with van der Waals surface area (Å²) in [5.41, 5.74) is 8.91. The molecule has 4 fully saturated rings. The number of methoxy groups -OCH3 is 1. The number of nitrogens with zero attached hydrogens (tertiary/aromatic N) is 9. The van der Waals surface area contributed by atoms with Crippen LogP contribution in [-0.2, 0) is 20.9 Å². The fourth-order valence-electron chi connectivity index (χ4n) is 10.7. The summed E-state index contributed by atoms with van der Waals surface area (Å²) in [6, 6.07) is 18.1. The smallest absolute Gasteiger partial charge is 0.319 e. The van der Waals surface area contributed by atoms with Gasteiger partial charge in [0.2, 0.25) is 5.91 Å². The van der Waals surface area contributed by atoms with Crippen molar-refractivity contribution in [2.24, 2.45) is 10.9 Å². The average molecular weight is 1200 g/mol. The van der Waals surface area contributed by atoms with E-state index >= 15 is 0 Å². The van der Waals surface area contributed by atoms with E-state index in [4.69, 9.17) is 29.3 Å². The summed E-state index contributed by atoms with van der Waals surface area (Å²) >= 11 is 0. The van der Waals surface area contributed by atoms with Crippen molar-refractivity contribution in [1.82, 2.24) is 50.7 Å². The van der Waals surface area contributed by atoms with E-state index in [1.165, 1.54) is 12.2 Å². The van der Waals surface area contributed by atoms with Gasteiger partial charge in [-0.2, -0.15) is 15.1 Å². The molecule has 6 heterocycles. The highest BCUT2D eigenvalue weighted by Crippen LogP contribution is 2.48. The number of aliphatic hydroxyl groups is 2. The number of aliphatic hydroxyl groups excluding tert-OH is 2. The molecule has 6 aromatic rings. The summed E-state index contributed by atoms with van der Waals surface area (Å²) in [6.07, 6.45) is 17.8. The van der Waals surface area contributed by atoms with Crippen LogP contribution in [0.2, 0.25) is 0 Å². The Bertz CT molecular complexity index is 3410. The highest BCUT2D eigenvalue weighted by atomic mass is 19.1. The lowest BCUT2D eigenvalue weighted by atomic mass is 9.97. The van der Waals surface area contributed by atoms with Crippen LogP contribution in [0.1, 0.15) is 140 Å². The maximum absolute atomic E-state index is 14.5. The quantitative estimate of drug-likeness (QED) is 0.0185. The van der Waals surface area contributed by atoms with Gasteiger partial charge in [-0.25, -0.2) is 9.07 Å². The number of aromatic amines is 1. The number of ether oxygens (including phenoxy) is 3. The summed E-state index contributed by atoms with van der Waals surface area (Å²) in [5, 5.41) is 41.3. The second-order valence-electron chi connectivity index (χ2n) is 21.6. The van der Waals surface area contributed by atoms with Crippen LogP contribution in [0.4, 0.5) is 10.2 Å². The van der Waals surface area contributed by atoms with Crippen molar-refractivity contribution < 1.29 is 38.4 Å². The van der Waals surface area contributed by atoms with Crippen molar-refractivity contribution in [3.8, 4) is 23.0 Å². The van der Waals surface area contributed by atoms with Crippen LogP contribution in [0, 0.1) is 5.92 Å². The van der Waals surface area contributed by atoms with Gasteiger partial charge in [0.15, 0.2) is 5.75 Å². The third-order valence-electron chi connectivity index (χ3n) is 15.4. The Balaban J connectivity index is 0.000000317. The Morgan fingerprint density at radius 3 is 2.33 bits per heavy atom. The SMILES string of the molecule is C/C=C(F)/C=c1/[nH]nc/c1=C\c1c(C2CC2)cc2c(N3CC4CC3CN4)nc(OCCOC)nc2c1OCc1ccc(-c2cn(C(C=O)C(C)C)nn2)cc1.C=C(C)/C(=C\N=CC)c1ccc(C(CO)NC(=O)C2CCCN2C)cc1.CC.CC.CO. The van der Waals surface area contributed by atoms with E-state index in [1.54, 1.807) is 43.5 Å². The number of benzene rings is 3. The molecule has 10 rings (SSSR count). The van der Waals surface area contributed by atoms with Crippen LogP contribution in [0.3, 0.4) is 0 Å². The fourth-order valence-corrected chi connectivity index (χ4v) is 10.7. The molecule has 1 aliphatic carbocycles. The zero-order valence-corrected chi connectivity index (χ0v) is 52.9. The Labute approximate surface area is 512 Å². The fraction of sp³-hybridized carbons (Fsp3) is 0.463. The van der Waals surface area contributed by atoms with Gasteiger partial charge in [-0.3, -0.25) is 19.8 Å². The lowest BCUT2D eigenvalue weighted by Crippen LogP contribution is -2.44. The Kier molecular flexibility index (Phi) is 26.7. The van der Waals surface area contributed by atoms with Crippen molar-refractivity contribution in [2.75, 3.05) is 65.6 Å². The Morgan fingerprint density at radius 1 is 1.01 bits per heavy atom. The Hall–Kier alpha value is -7.75. The van der Waals surface area contributed by atoms with E-state index in [9.17, 15) is 19.1 Å². The molecule has 5 N–H and O–H groups in total. The van der Waals surface area contributed by atoms with Crippen molar-refractivity contribution in [1.29, 1.82) is 0 Å². The monoisotopic (exact) mass is 1190 g/mol. The second kappa shape index (κ2) is 34.0. The molecule has 468 valence electrons. The number of aromatic nitrogens is 7. The van der Waals surface area contributed by atoms with E-state index in [0.29, 0.717) is 53.5 Å². The van der Waals surface area contributed by atoms with Gasteiger partial charge < -0.3 is 44.8 Å². The summed E-state index contributed by atoms with van der Waals surface area (Å²) in [6.45, 7) is 24.9. The molecule has 3 aliphatic heterocycles. The van der Waals surface area contributed by atoms with Gasteiger partial charge in [-0.15, -0.1) is 5.10 Å². The number of hydrogen-bond donors (Lipinski definition) is 5. The van der Waals surface area contributed by atoms with Gasteiger partial charge in [-0.05, 0) is 124 Å². The lowest BCUT2D eigenvalue weighted by molar-refractivity contribution is -0.126. The normalized spacial score (nSPS) is 18.5. The minimum atomic E-state index is -0.406. The first kappa shape index (κ1) is 68.4. The molecule has 5 unspecified atom stereocenters. The molecule has 19 nitrogen and oxygen atoms in total. The molecule has 5 atom stereocenters. The number of allylic oxidation sites excluding steroid dienone is 4. The van der Waals surface area contributed by atoms with E-state index in [-0.39, 0.29) is 49.0 Å². The lowest BCUT2D eigenvalue weighted by Gasteiger charge is -2.30. The first-order chi connectivity index (χ1) is 42.3. The third-order valence-corrected chi connectivity index (χ3v) is 15.4. The number of aldehydes is 1. The number of hydrogen-bond acceptors (Lipinski definition) is 16. The predicted octanol–water partition coefficient (Wildman–Crippen LogP) is 9.12. The molecule has 0 radical (unpaired) electrons. The maximum Gasteiger partial charge on any atom is 0.319 e. The summed E-state index contributed by atoms with van der Waals surface area (Å²) in [4.78, 5) is 42.8. The van der Waals surface area contributed by atoms with E-state index in [0.717, 1.165) is 126 Å². The molecule has 20 heteroatoms. The Morgan fingerprint density at radius 2 is 1.75 bits per heavy atom. The number of halogens is 1. The number of piperazine rings is 1. The molecule has 4 aliphatic rings. The highest BCUT2D eigenvalue weighted by Gasteiger charge is 2.40. The van der Waals surface area contributed by atoms with Crippen molar-refractivity contribution >= 4 is 52.9 Å². The average Bonchev–Trinajstić information content (AvgIpc) is 1.79. The first-order valence-corrected chi connectivity index (χ1v) is 30.5. The minimum absolute atomic E-state index is 0.0204. The molecule has 1 amide bonds. The van der Waals surface area contributed by atoms with Gasteiger partial charge in [0.1, 0.15) is 48.4 Å². The van der Waals surface area contributed by atoms with Crippen LogP contribution in [0.5, 0.6) is 11.8 Å². The number of anilines is 1. The number of amides is 1. The van der Waals surface area contributed by atoms with Gasteiger partial charge in [0.25, 0.3) is 0 Å². The van der Waals surface area contributed by atoms with Crippen LogP contribution >= 0.6 is 0 Å². The van der Waals surface area contributed by atoms with E-state index in [1.807, 2.05) is 117 Å². The van der Waals surface area contributed by atoms with Crippen LogP contribution in [0.15, 0.2) is 102 Å². The predicted molar refractivity (Wildman–Crippen MR) is 345 cm³/mol. The zero-order chi connectivity index (χ0) is 63.2. The molecular formula is C67H91FN12O7. The van der Waals surface area contributed by atoms with E-state index < -0.39 is 6.04 Å². The summed E-state index contributed by atoms with van der Waals surface area (Å²) in [7, 11) is 4.59. The van der Waals surface area contributed by atoms with Gasteiger partial charge in [0, 0.05) is 79.1 Å². The molecule has 2 bridgehead atoms. The van der Waals surface area contributed by atoms with Crippen LogP contribution in [0.25, 0.3) is 39.9 Å². The second-order valence-corrected chi connectivity index (χ2v) is 21.6. The maximum atomic E-state index is 14.5. The molecular weight excluding hydrogens is 1100 g/mol. The number of aliphatic imine (C=N–C) groups is 1. The van der Waals surface area contributed by atoms with Crippen molar-refractivity contribution in [3.63, 3.8) is 0 Å². The van der Waals surface area contributed by atoms with E-state index in [2.05, 4.69) is 58.6 Å². The standard InChI is InChI=1S/C41H46FN9O4.C21H29N3O2.2C2H6.CH4O/c1-5-29(42)15-35-28(18-44-47-35)14-33-32(26-10-11-26)17-34-38(45-41(54-13-12-53-4)46-40(34)50-20-30-16-31(50)19-43-30)39(33)55-23-25-6-8-27(9-7-25)36-21-51(49-48-36)37(22-52)24(2)3;1-5-22-13-18(15(2)3)16-8-10-17(11-9-16)19(14-25)23-21(26)20-7-6-12-24(20)4;3*1-2/h5-9,14-15,17-18,21-22,24,26,30-31,37,43,47H,10-13,16,19-20,23H2,1-4H3;5,8-11,13,19-20,25H,2,6-7,12,14H2,1,3-4H3,(H,23,26);2*1-2H3;2H,1H3/b28-14+,29-5-,35-15+;18-13+,22-5?;;;. The summed E-state index contributed by atoms with van der Waals surface area (Å²) < 4.78 is 34.4. The topological polar surface area (TPSA) is 230 Å². The number of nitrogens with one attached hydrogen (secondary N) is 3. The first-order valence-electron chi connectivity index (χ1n) is 30.5. The van der Waals surface area contributed by atoms with Crippen LogP contribution in [-0.4, -0.2) is 148 Å². The van der Waals surface area contributed by atoms with Crippen molar-refractivity contribution in [2.45, 2.75) is 137 Å². The van der Waals surface area contributed by atoms with Gasteiger partial charge in [-0.1, -0.05) is 108 Å². The van der Waals surface area contributed by atoms with Gasteiger partial charge in [0.05, 0.1) is 43.0 Å². The molecule has 87 heavy (non-hydrogen) atoms. The number of likely N-dealkylation sites (N-methyl/N-ethyl adjacent to an activating group) is 1. The zero-order valence-electron chi connectivity index (χ0n) is 52.9. The third kappa shape index (κ3) is 17.5. The summed E-state index contributed by atoms with van der Waals surface area (Å²) in [5.74, 6) is 1.47. The highest BCUT2D eigenvalue weighted by molar-refractivity contribution is 5.98. The molecule has 1 saturated carbocycles. The number of H-pyrrole nitrogens is 1.